The van der Waals surface area contributed by atoms with E-state index in [0.29, 0.717) is 12.8 Å². The summed E-state index contributed by atoms with van der Waals surface area (Å²) in [6.07, 6.45) is 3.42. The van der Waals surface area contributed by atoms with Crippen molar-refractivity contribution in [1.29, 1.82) is 0 Å². The third-order valence-corrected chi connectivity index (χ3v) is 3.35. The predicted molar refractivity (Wildman–Crippen MR) is 65.7 cm³/mol. The van der Waals surface area contributed by atoms with Gasteiger partial charge in [0.1, 0.15) is 5.76 Å². The number of imide groups is 1. The van der Waals surface area contributed by atoms with Crippen LogP contribution in [0.15, 0.2) is 22.8 Å². The number of carbonyl (C=O) groups is 2. The summed E-state index contributed by atoms with van der Waals surface area (Å²) in [4.78, 5) is 24.6. The van der Waals surface area contributed by atoms with Crippen molar-refractivity contribution in [2.24, 2.45) is 0 Å². The van der Waals surface area contributed by atoms with Crippen LogP contribution in [0.3, 0.4) is 0 Å². The summed E-state index contributed by atoms with van der Waals surface area (Å²) in [5.74, 6) is 0.560. The van der Waals surface area contributed by atoms with Crippen molar-refractivity contribution < 1.29 is 14.0 Å². The molecule has 0 aromatic carbocycles. The number of carbonyl (C=O) groups excluding carboxylic acids is 2. The summed E-state index contributed by atoms with van der Waals surface area (Å²) >= 11 is 0. The van der Waals surface area contributed by atoms with E-state index in [1.54, 1.807) is 6.26 Å². The smallest absolute Gasteiger partial charge is 0.246 e. The molecule has 1 N–H and O–H groups in total. The number of nitrogens with one attached hydrogen (secondary N) is 1. The van der Waals surface area contributed by atoms with Crippen LogP contribution < -0.4 is 5.32 Å². The lowest BCUT2D eigenvalue weighted by atomic mass is 10.0. The number of likely N-dealkylation sites (N-methyl/N-ethyl adjacent to an activating group) is 1. The highest BCUT2D eigenvalue weighted by Gasteiger charge is 2.33. The number of amides is 2. The molecule has 18 heavy (non-hydrogen) atoms. The van der Waals surface area contributed by atoms with E-state index in [2.05, 4.69) is 5.32 Å². The Balaban J connectivity index is 2.04. The molecule has 5 nitrogen and oxygen atoms in total. The maximum Gasteiger partial charge on any atom is 0.246 e. The first-order chi connectivity index (χ1) is 8.63. The molecular weight excluding hydrogens is 232 g/mol. The minimum Gasteiger partial charge on any atom is -0.468 e. The molecule has 1 saturated heterocycles. The molecule has 1 aliphatic rings. The fraction of sp³-hybridized carbons (Fsp3) is 0.538. The Kier molecular flexibility index (Phi) is 3.81. The summed E-state index contributed by atoms with van der Waals surface area (Å²) in [6.45, 7) is 2.03. The number of hydrogen-bond donors (Lipinski definition) is 1. The van der Waals surface area contributed by atoms with Gasteiger partial charge in [0.2, 0.25) is 11.8 Å². The van der Waals surface area contributed by atoms with Crippen LogP contribution in [0, 0.1) is 0 Å². The van der Waals surface area contributed by atoms with Crippen LogP contribution in [-0.2, 0) is 9.59 Å². The molecule has 2 atom stereocenters. The monoisotopic (exact) mass is 250 g/mol. The Morgan fingerprint density at radius 3 is 2.94 bits per heavy atom. The van der Waals surface area contributed by atoms with E-state index in [1.165, 1.54) is 11.9 Å². The van der Waals surface area contributed by atoms with E-state index < -0.39 is 0 Å². The summed E-state index contributed by atoms with van der Waals surface area (Å²) in [5, 5.41) is 3.27. The summed E-state index contributed by atoms with van der Waals surface area (Å²) < 4.78 is 5.36. The first-order valence-electron chi connectivity index (χ1n) is 6.23. The van der Waals surface area contributed by atoms with Crippen molar-refractivity contribution in [2.45, 2.75) is 38.3 Å². The Morgan fingerprint density at radius 1 is 1.56 bits per heavy atom. The minimum atomic E-state index is -0.303. The first kappa shape index (κ1) is 12.8. The standard InChI is InChI=1S/C13H18N2O3/c1-3-9(11-5-4-8-18-11)14-10-6-7-12(16)15(2)13(10)17/h4-5,8-10,14H,3,6-7H2,1-2H3. The number of piperidine rings is 1. The molecule has 0 radical (unpaired) electrons. The highest BCUT2D eigenvalue weighted by molar-refractivity contribution is 6.00. The van der Waals surface area contributed by atoms with Gasteiger partial charge in [0.25, 0.3) is 0 Å². The SMILES string of the molecule is CCC(NC1CCC(=O)N(C)C1=O)c1ccco1. The Bertz CT molecular complexity index is 427. The molecule has 0 saturated carbocycles. The van der Waals surface area contributed by atoms with Crippen LogP contribution in [0.2, 0.25) is 0 Å². The zero-order valence-electron chi connectivity index (χ0n) is 10.7. The summed E-state index contributed by atoms with van der Waals surface area (Å²) in [5.41, 5.74) is 0. The number of nitrogens with zero attached hydrogens (tertiary/aromatic N) is 1. The van der Waals surface area contributed by atoms with E-state index >= 15 is 0 Å². The zero-order valence-corrected chi connectivity index (χ0v) is 10.7. The van der Waals surface area contributed by atoms with E-state index in [9.17, 15) is 9.59 Å². The second-order valence-corrected chi connectivity index (χ2v) is 4.53. The minimum absolute atomic E-state index is 0.00977. The molecule has 0 aliphatic carbocycles. The number of likely N-dealkylation sites (tertiary alicyclic amines) is 1. The highest BCUT2D eigenvalue weighted by atomic mass is 16.3. The number of furan rings is 1. The second-order valence-electron chi connectivity index (χ2n) is 4.53. The molecule has 2 heterocycles. The van der Waals surface area contributed by atoms with Crippen LogP contribution >= 0.6 is 0 Å². The van der Waals surface area contributed by atoms with Crippen molar-refractivity contribution in [3.05, 3.63) is 24.2 Å². The van der Waals surface area contributed by atoms with Gasteiger partial charge in [0.05, 0.1) is 18.3 Å². The lowest BCUT2D eigenvalue weighted by Gasteiger charge is -2.30. The van der Waals surface area contributed by atoms with E-state index in [1.807, 2.05) is 19.1 Å². The van der Waals surface area contributed by atoms with Gasteiger partial charge in [-0.2, -0.15) is 0 Å². The molecule has 5 heteroatoms. The topological polar surface area (TPSA) is 62.6 Å². The first-order valence-corrected chi connectivity index (χ1v) is 6.23. The van der Waals surface area contributed by atoms with Crippen LogP contribution in [-0.4, -0.2) is 29.8 Å². The van der Waals surface area contributed by atoms with Gasteiger partial charge < -0.3 is 4.42 Å². The van der Waals surface area contributed by atoms with Crippen molar-refractivity contribution in [2.75, 3.05) is 7.05 Å². The van der Waals surface area contributed by atoms with E-state index in [0.717, 1.165) is 12.2 Å². The number of hydrogen-bond acceptors (Lipinski definition) is 4. The fourth-order valence-corrected chi connectivity index (χ4v) is 2.20. The van der Waals surface area contributed by atoms with Crippen molar-refractivity contribution in [1.82, 2.24) is 10.2 Å². The molecule has 98 valence electrons. The molecule has 1 aliphatic heterocycles. The average molecular weight is 250 g/mol. The largest absolute Gasteiger partial charge is 0.468 e. The van der Waals surface area contributed by atoms with Crippen molar-refractivity contribution >= 4 is 11.8 Å². The Hall–Kier alpha value is -1.62. The second kappa shape index (κ2) is 5.35. The van der Waals surface area contributed by atoms with Gasteiger partial charge in [-0.25, -0.2) is 0 Å². The summed E-state index contributed by atoms with van der Waals surface area (Å²) in [6, 6.07) is 3.43. The van der Waals surface area contributed by atoms with Gasteiger partial charge in [-0.15, -0.1) is 0 Å². The summed E-state index contributed by atoms with van der Waals surface area (Å²) in [7, 11) is 1.53. The third kappa shape index (κ3) is 2.46. The molecule has 1 fully saturated rings. The molecule has 0 spiro atoms. The quantitative estimate of drug-likeness (QED) is 0.822. The van der Waals surface area contributed by atoms with Crippen LogP contribution in [0.25, 0.3) is 0 Å². The molecule has 2 amide bonds. The molecular formula is C13H18N2O3. The van der Waals surface area contributed by atoms with E-state index in [4.69, 9.17) is 4.42 Å². The highest BCUT2D eigenvalue weighted by Crippen LogP contribution is 2.20. The van der Waals surface area contributed by atoms with Gasteiger partial charge in [0.15, 0.2) is 0 Å². The Labute approximate surface area is 106 Å². The predicted octanol–water partition coefficient (Wildman–Crippen LogP) is 1.47. The normalized spacial score (nSPS) is 22.3. The Morgan fingerprint density at radius 2 is 2.33 bits per heavy atom. The maximum absolute atomic E-state index is 12.0. The van der Waals surface area contributed by atoms with Gasteiger partial charge in [-0.05, 0) is 25.0 Å². The molecule has 0 bridgehead atoms. The average Bonchev–Trinajstić information content (AvgIpc) is 2.89. The molecule has 1 aromatic heterocycles. The van der Waals surface area contributed by atoms with E-state index in [-0.39, 0.29) is 23.9 Å². The molecule has 2 rings (SSSR count). The van der Waals surface area contributed by atoms with Crippen LogP contribution in [0.1, 0.15) is 38.0 Å². The third-order valence-electron chi connectivity index (χ3n) is 3.35. The van der Waals surface area contributed by atoms with Crippen LogP contribution in [0.4, 0.5) is 0 Å². The molecule has 2 unspecified atom stereocenters. The lowest BCUT2D eigenvalue weighted by Crippen LogP contribution is -2.52. The molecule has 1 aromatic rings. The van der Waals surface area contributed by atoms with Crippen molar-refractivity contribution in [3.8, 4) is 0 Å². The maximum atomic E-state index is 12.0. The number of rotatable bonds is 4. The van der Waals surface area contributed by atoms with Gasteiger partial charge in [0, 0.05) is 13.5 Å². The lowest BCUT2D eigenvalue weighted by molar-refractivity contribution is -0.148. The van der Waals surface area contributed by atoms with Crippen LogP contribution in [0.5, 0.6) is 0 Å². The van der Waals surface area contributed by atoms with Gasteiger partial charge in [-0.1, -0.05) is 6.92 Å². The van der Waals surface area contributed by atoms with Gasteiger partial charge in [-0.3, -0.25) is 19.8 Å². The van der Waals surface area contributed by atoms with Gasteiger partial charge >= 0.3 is 0 Å². The van der Waals surface area contributed by atoms with Crippen molar-refractivity contribution in [3.63, 3.8) is 0 Å². The zero-order chi connectivity index (χ0) is 13.1. The fourth-order valence-electron chi connectivity index (χ4n) is 2.20.